The van der Waals surface area contributed by atoms with E-state index in [0.717, 1.165) is 16.9 Å². The van der Waals surface area contributed by atoms with Crippen LogP contribution in [0, 0.1) is 6.92 Å². The molecule has 0 spiro atoms. The maximum atomic E-state index is 13.2. The zero-order chi connectivity index (χ0) is 20.3. The van der Waals surface area contributed by atoms with Crippen LogP contribution in [0.15, 0.2) is 58.8 Å². The molecule has 0 saturated heterocycles. The summed E-state index contributed by atoms with van der Waals surface area (Å²) in [5.74, 6) is -0.188. The van der Waals surface area contributed by atoms with Crippen LogP contribution in [-0.2, 0) is 14.8 Å². The van der Waals surface area contributed by atoms with E-state index in [9.17, 15) is 13.2 Å². The molecular weight excluding hydrogens is 398 g/mol. The first-order chi connectivity index (χ1) is 13.4. The molecule has 0 aliphatic carbocycles. The second-order valence-corrected chi connectivity index (χ2v) is 8.50. The molecular formula is C20H19NO5S2. The summed E-state index contributed by atoms with van der Waals surface area (Å²) in [7, 11) is -1.35. The molecule has 1 heterocycles. The number of methoxy groups -OCH3 is 2. The van der Waals surface area contributed by atoms with Crippen LogP contribution in [0.2, 0.25) is 0 Å². The fourth-order valence-electron chi connectivity index (χ4n) is 2.67. The lowest BCUT2D eigenvalue weighted by atomic mass is 10.1. The average molecular weight is 418 g/mol. The van der Waals surface area contributed by atoms with E-state index in [4.69, 9.17) is 9.47 Å². The molecule has 28 heavy (non-hydrogen) atoms. The molecule has 8 heteroatoms. The Kier molecular flexibility index (Phi) is 5.71. The number of anilines is 1. The number of rotatable bonds is 6. The predicted molar refractivity (Wildman–Crippen MR) is 110 cm³/mol. The van der Waals surface area contributed by atoms with Gasteiger partial charge >= 0.3 is 5.97 Å². The number of hydrogen-bond acceptors (Lipinski definition) is 6. The van der Waals surface area contributed by atoms with E-state index < -0.39 is 16.0 Å². The molecule has 0 radical (unpaired) electrons. The molecule has 2 aromatic carbocycles. The summed E-state index contributed by atoms with van der Waals surface area (Å²) in [5, 5.41) is 1.65. The lowest BCUT2D eigenvalue weighted by Gasteiger charge is -2.12. The van der Waals surface area contributed by atoms with Gasteiger partial charge < -0.3 is 9.47 Å². The lowest BCUT2D eigenvalue weighted by Crippen LogP contribution is -2.16. The summed E-state index contributed by atoms with van der Waals surface area (Å²) in [6.07, 6.45) is 0. The van der Waals surface area contributed by atoms with Gasteiger partial charge in [0.05, 0.1) is 19.9 Å². The highest BCUT2D eigenvalue weighted by atomic mass is 32.2. The molecule has 146 valence electrons. The Hall–Kier alpha value is -2.84. The molecule has 3 rings (SSSR count). The Labute approximate surface area is 167 Å². The van der Waals surface area contributed by atoms with Gasteiger partial charge in [0.25, 0.3) is 10.0 Å². The molecule has 0 unspecified atom stereocenters. The summed E-state index contributed by atoms with van der Waals surface area (Å²) in [4.78, 5) is 12.1. The second kappa shape index (κ2) is 8.04. The van der Waals surface area contributed by atoms with Crippen molar-refractivity contribution in [2.75, 3.05) is 18.9 Å². The smallest absolute Gasteiger partial charge is 0.349 e. The number of esters is 1. The topological polar surface area (TPSA) is 81.7 Å². The Bertz CT molecular complexity index is 1100. The van der Waals surface area contributed by atoms with Crippen molar-refractivity contribution in [3.63, 3.8) is 0 Å². The molecule has 0 saturated carbocycles. The van der Waals surface area contributed by atoms with Crippen molar-refractivity contribution in [3.05, 3.63) is 64.4 Å². The van der Waals surface area contributed by atoms with E-state index in [1.807, 2.05) is 31.2 Å². The van der Waals surface area contributed by atoms with E-state index in [1.54, 1.807) is 29.6 Å². The number of ether oxygens (including phenoxy) is 2. The molecule has 0 amide bonds. The summed E-state index contributed by atoms with van der Waals surface area (Å²) in [6.45, 7) is 1.94. The van der Waals surface area contributed by atoms with E-state index in [0.29, 0.717) is 22.6 Å². The number of carbonyl (C=O) groups is 1. The third-order valence-corrected chi connectivity index (χ3v) is 6.62. The Morgan fingerprint density at radius 3 is 2.43 bits per heavy atom. The van der Waals surface area contributed by atoms with Crippen LogP contribution in [-0.4, -0.2) is 28.6 Å². The number of carbonyl (C=O) groups excluding carboxylic acids is 1. The maximum Gasteiger partial charge on any atom is 0.349 e. The van der Waals surface area contributed by atoms with E-state index in [-0.39, 0.29) is 9.77 Å². The SMILES string of the molecule is COC(=O)c1scc(-c2ccc(C)cc2)c1S(=O)(=O)Nc1cccc(OC)c1. The molecule has 0 aliphatic heterocycles. The van der Waals surface area contributed by atoms with Gasteiger partial charge in [0.2, 0.25) is 0 Å². The number of aryl methyl sites for hydroxylation is 1. The monoisotopic (exact) mass is 417 g/mol. The van der Waals surface area contributed by atoms with Crippen molar-refractivity contribution in [2.45, 2.75) is 11.8 Å². The number of hydrogen-bond donors (Lipinski definition) is 1. The van der Waals surface area contributed by atoms with E-state index in [2.05, 4.69) is 4.72 Å². The number of benzene rings is 2. The zero-order valence-corrected chi connectivity index (χ0v) is 17.2. The van der Waals surface area contributed by atoms with Crippen molar-refractivity contribution in [2.24, 2.45) is 0 Å². The van der Waals surface area contributed by atoms with Crippen molar-refractivity contribution in [3.8, 4) is 16.9 Å². The molecule has 1 aromatic heterocycles. The molecule has 0 atom stereocenters. The highest BCUT2D eigenvalue weighted by molar-refractivity contribution is 7.93. The maximum absolute atomic E-state index is 13.2. The van der Waals surface area contributed by atoms with Crippen LogP contribution in [0.5, 0.6) is 5.75 Å². The molecule has 0 fully saturated rings. The van der Waals surface area contributed by atoms with Gasteiger partial charge in [-0.1, -0.05) is 35.9 Å². The summed E-state index contributed by atoms with van der Waals surface area (Å²) < 4.78 is 38.9. The van der Waals surface area contributed by atoms with Gasteiger partial charge in [-0.25, -0.2) is 13.2 Å². The molecule has 1 N–H and O–H groups in total. The van der Waals surface area contributed by atoms with Crippen LogP contribution in [0.25, 0.3) is 11.1 Å². The largest absolute Gasteiger partial charge is 0.497 e. The van der Waals surface area contributed by atoms with Gasteiger partial charge in [-0.2, -0.15) is 0 Å². The Balaban J connectivity index is 2.12. The highest BCUT2D eigenvalue weighted by Crippen LogP contribution is 2.37. The van der Waals surface area contributed by atoms with Gasteiger partial charge in [0.1, 0.15) is 15.5 Å². The van der Waals surface area contributed by atoms with Gasteiger partial charge in [-0.05, 0) is 24.6 Å². The molecule has 6 nitrogen and oxygen atoms in total. The third kappa shape index (κ3) is 4.02. The van der Waals surface area contributed by atoms with E-state index >= 15 is 0 Å². The Morgan fingerprint density at radius 1 is 1.07 bits per heavy atom. The summed E-state index contributed by atoms with van der Waals surface area (Å²) >= 11 is 1.03. The molecule has 3 aromatic rings. The van der Waals surface area contributed by atoms with Gasteiger partial charge in [-0.15, -0.1) is 11.3 Å². The number of sulfonamides is 1. The molecule has 0 bridgehead atoms. The fraction of sp³-hybridized carbons (Fsp3) is 0.150. The Morgan fingerprint density at radius 2 is 1.79 bits per heavy atom. The normalized spacial score (nSPS) is 11.1. The number of nitrogens with one attached hydrogen (secondary N) is 1. The zero-order valence-electron chi connectivity index (χ0n) is 15.6. The van der Waals surface area contributed by atoms with E-state index in [1.165, 1.54) is 14.2 Å². The minimum absolute atomic E-state index is 0.0217. The number of thiophene rings is 1. The first-order valence-corrected chi connectivity index (χ1v) is 10.7. The van der Waals surface area contributed by atoms with Gasteiger partial charge in [-0.3, -0.25) is 4.72 Å². The van der Waals surface area contributed by atoms with Crippen molar-refractivity contribution >= 4 is 33.0 Å². The highest BCUT2D eigenvalue weighted by Gasteiger charge is 2.30. The van der Waals surface area contributed by atoms with Crippen molar-refractivity contribution in [1.29, 1.82) is 0 Å². The minimum atomic E-state index is -4.07. The average Bonchev–Trinajstić information content (AvgIpc) is 3.14. The van der Waals surface area contributed by atoms with Gasteiger partial charge in [0.15, 0.2) is 0 Å². The van der Waals surface area contributed by atoms with Crippen molar-refractivity contribution in [1.82, 2.24) is 0 Å². The second-order valence-electron chi connectivity index (χ2n) is 6.00. The predicted octanol–water partition coefficient (Wildman–Crippen LogP) is 4.32. The molecule has 0 aliphatic rings. The third-order valence-electron chi connectivity index (χ3n) is 4.07. The van der Waals surface area contributed by atoms with Crippen LogP contribution in [0.3, 0.4) is 0 Å². The first-order valence-electron chi connectivity index (χ1n) is 8.29. The summed E-state index contributed by atoms with van der Waals surface area (Å²) in [5.41, 5.74) is 2.52. The van der Waals surface area contributed by atoms with Crippen LogP contribution in [0.4, 0.5) is 5.69 Å². The lowest BCUT2D eigenvalue weighted by molar-refractivity contribution is 0.0602. The van der Waals surface area contributed by atoms with Crippen LogP contribution in [0.1, 0.15) is 15.2 Å². The quantitative estimate of drug-likeness (QED) is 0.604. The minimum Gasteiger partial charge on any atom is -0.497 e. The first kappa shape index (κ1) is 19.9. The van der Waals surface area contributed by atoms with Crippen LogP contribution < -0.4 is 9.46 Å². The van der Waals surface area contributed by atoms with Gasteiger partial charge in [0, 0.05) is 17.0 Å². The van der Waals surface area contributed by atoms with Crippen molar-refractivity contribution < 1.29 is 22.7 Å². The fourth-order valence-corrected chi connectivity index (χ4v) is 5.44. The van der Waals surface area contributed by atoms with Crippen LogP contribution >= 0.6 is 11.3 Å². The standard InChI is InChI=1S/C20H19NO5S2/c1-13-7-9-14(10-8-13)17-12-27-18(20(22)26-3)19(17)28(23,24)21-15-5-4-6-16(11-15)25-2/h4-12,21H,1-3H3. The summed E-state index contributed by atoms with van der Waals surface area (Å²) in [6, 6.07) is 14.0.